The number of aromatic nitrogens is 2. The number of hydrogen-bond acceptors (Lipinski definition) is 5. The molecule has 0 amide bonds. The highest BCUT2D eigenvalue weighted by Crippen LogP contribution is 2.24. The van der Waals surface area contributed by atoms with E-state index in [1.165, 1.54) is 25.1 Å². The van der Waals surface area contributed by atoms with Gasteiger partial charge in [-0.1, -0.05) is 32.0 Å². The first-order chi connectivity index (χ1) is 13.8. The van der Waals surface area contributed by atoms with Crippen LogP contribution < -0.4 is 11.0 Å². The van der Waals surface area contributed by atoms with E-state index in [9.17, 15) is 14.0 Å². The minimum atomic E-state index is -0.479. The van der Waals surface area contributed by atoms with Crippen molar-refractivity contribution in [2.45, 2.75) is 26.7 Å². The lowest BCUT2D eigenvalue weighted by Gasteiger charge is -2.19. The van der Waals surface area contributed by atoms with E-state index in [1.54, 1.807) is 30.3 Å². The second-order valence-corrected chi connectivity index (χ2v) is 6.86. The molecule has 6 nitrogen and oxygen atoms in total. The third-order valence-electron chi connectivity index (χ3n) is 4.31. The normalized spacial score (nSPS) is 10.6. The van der Waals surface area contributed by atoms with Crippen LogP contribution in [0.5, 0.6) is 0 Å². The molecule has 0 spiro atoms. The molecule has 0 unspecified atom stereocenters. The topological polar surface area (TPSA) is 87.8 Å². The molecule has 146 valence electrons. The number of halogens is 1. The fraction of sp³-hybridized carbons (Fsp3) is 0.182. The lowest BCUT2D eigenvalue weighted by molar-refractivity contribution is 0.100. The van der Waals surface area contributed by atoms with Gasteiger partial charge >= 0.3 is 0 Å². The van der Waals surface area contributed by atoms with Gasteiger partial charge in [0.25, 0.3) is 5.56 Å². The Hall–Kier alpha value is -3.79. The summed E-state index contributed by atoms with van der Waals surface area (Å²) in [5.41, 5.74) is 4.13. The number of hydrogen-bond donors (Lipinski definition) is 1. The van der Waals surface area contributed by atoms with Crippen LogP contribution in [0.3, 0.4) is 0 Å². The fourth-order valence-corrected chi connectivity index (χ4v) is 2.97. The molecule has 0 bridgehead atoms. The van der Waals surface area contributed by atoms with Crippen LogP contribution in [0.15, 0.2) is 53.3 Å². The van der Waals surface area contributed by atoms with Crippen LogP contribution in [-0.2, 0) is 0 Å². The van der Waals surface area contributed by atoms with E-state index >= 15 is 0 Å². The molecule has 7 heteroatoms. The standard InChI is InChI=1S/C22H19FN4O2/c1-13(2)19-22(29)27(26-18-9-4-6-15(10-18)12-24)21(14(3)28)20(25-19)16-7-5-8-17(23)11-16/h4-11,13,26H,1-3H3. The van der Waals surface area contributed by atoms with Crippen molar-refractivity contribution in [2.75, 3.05) is 5.43 Å². The van der Waals surface area contributed by atoms with E-state index in [0.717, 1.165) is 4.68 Å². The SMILES string of the molecule is CC(=O)c1c(-c2cccc(F)c2)nc(C(C)C)c(=O)n1Nc1cccc(C#N)c1. The summed E-state index contributed by atoms with van der Waals surface area (Å²) in [5.74, 6) is -1.11. The summed E-state index contributed by atoms with van der Waals surface area (Å²) >= 11 is 0. The summed E-state index contributed by atoms with van der Waals surface area (Å²) in [6.45, 7) is 4.94. The minimum Gasteiger partial charge on any atom is -0.293 e. The molecule has 0 aliphatic carbocycles. The Morgan fingerprint density at radius 1 is 1.21 bits per heavy atom. The highest BCUT2D eigenvalue weighted by atomic mass is 19.1. The van der Waals surface area contributed by atoms with Gasteiger partial charge in [-0.15, -0.1) is 0 Å². The summed E-state index contributed by atoms with van der Waals surface area (Å²) in [5, 5.41) is 9.12. The number of benzene rings is 2. The molecule has 1 N–H and O–H groups in total. The molecule has 0 saturated carbocycles. The van der Waals surface area contributed by atoms with Crippen LogP contribution in [0.25, 0.3) is 11.3 Å². The lowest BCUT2D eigenvalue weighted by Crippen LogP contribution is -2.35. The lowest BCUT2D eigenvalue weighted by atomic mass is 10.0. The van der Waals surface area contributed by atoms with Gasteiger partial charge in [0, 0.05) is 18.4 Å². The van der Waals surface area contributed by atoms with Crippen molar-refractivity contribution in [3.8, 4) is 17.3 Å². The number of ketones is 1. The molecule has 0 aliphatic heterocycles. The van der Waals surface area contributed by atoms with Gasteiger partial charge in [-0.05, 0) is 30.3 Å². The first-order valence-corrected chi connectivity index (χ1v) is 9.02. The maximum Gasteiger partial charge on any atom is 0.291 e. The molecule has 29 heavy (non-hydrogen) atoms. The quantitative estimate of drug-likeness (QED) is 0.662. The number of nitrogens with one attached hydrogen (secondary N) is 1. The monoisotopic (exact) mass is 390 g/mol. The first-order valence-electron chi connectivity index (χ1n) is 9.02. The molecule has 0 radical (unpaired) electrons. The van der Waals surface area contributed by atoms with E-state index in [1.807, 2.05) is 19.9 Å². The molecule has 0 fully saturated rings. The largest absolute Gasteiger partial charge is 0.293 e. The average Bonchev–Trinajstić information content (AvgIpc) is 2.68. The van der Waals surface area contributed by atoms with E-state index < -0.39 is 17.2 Å². The smallest absolute Gasteiger partial charge is 0.291 e. The van der Waals surface area contributed by atoms with Gasteiger partial charge in [-0.2, -0.15) is 5.26 Å². The fourth-order valence-electron chi connectivity index (χ4n) is 2.97. The minimum absolute atomic E-state index is 0.00682. The first kappa shape index (κ1) is 20.0. The van der Waals surface area contributed by atoms with Gasteiger partial charge in [0.2, 0.25) is 0 Å². The van der Waals surface area contributed by atoms with Crippen molar-refractivity contribution < 1.29 is 9.18 Å². The number of Topliss-reactive ketones (excluding diaryl/α,β-unsaturated/α-hetero) is 1. The zero-order valence-corrected chi connectivity index (χ0v) is 16.2. The Kier molecular flexibility index (Phi) is 5.55. The van der Waals surface area contributed by atoms with Crippen LogP contribution >= 0.6 is 0 Å². The number of rotatable bonds is 5. The predicted molar refractivity (Wildman–Crippen MR) is 108 cm³/mol. The third kappa shape index (κ3) is 4.06. The molecule has 3 aromatic rings. The van der Waals surface area contributed by atoms with E-state index in [-0.39, 0.29) is 23.0 Å². The summed E-state index contributed by atoms with van der Waals surface area (Å²) in [4.78, 5) is 30.0. The molecule has 3 rings (SSSR count). The van der Waals surface area contributed by atoms with E-state index in [2.05, 4.69) is 10.4 Å². The number of carbonyl (C=O) groups is 1. The predicted octanol–water partition coefficient (Wildman–Crippen LogP) is 4.12. The number of anilines is 1. The zero-order valence-electron chi connectivity index (χ0n) is 16.2. The van der Waals surface area contributed by atoms with Gasteiger partial charge < -0.3 is 0 Å². The van der Waals surface area contributed by atoms with Crippen molar-refractivity contribution >= 4 is 11.5 Å². The van der Waals surface area contributed by atoms with Crippen molar-refractivity contribution in [1.82, 2.24) is 9.66 Å². The van der Waals surface area contributed by atoms with Gasteiger partial charge in [0.1, 0.15) is 22.9 Å². The molecule has 0 aliphatic rings. The Morgan fingerprint density at radius 2 is 1.93 bits per heavy atom. The average molecular weight is 390 g/mol. The Balaban J connectivity index is 2.32. The van der Waals surface area contributed by atoms with Crippen LogP contribution in [-0.4, -0.2) is 15.4 Å². The molecule has 2 aromatic carbocycles. The second-order valence-electron chi connectivity index (χ2n) is 6.86. The molecular weight excluding hydrogens is 371 g/mol. The van der Waals surface area contributed by atoms with Crippen molar-refractivity contribution in [3.63, 3.8) is 0 Å². The zero-order chi connectivity index (χ0) is 21.1. The van der Waals surface area contributed by atoms with E-state index in [0.29, 0.717) is 16.8 Å². The molecule has 0 atom stereocenters. The molecular formula is C22H19FN4O2. The summed E-state index contributed by atoms with van der Waals surface area (Å²) in [6, 6.07) is 14.3. The maximum atomic E-state index is 13.8. The Bertz CT molecular complexity index is 1190. The number of nitrogens with zero attached hydrogens (tertiary/aromatic N) is 3. The van der Waals surface area contributed by atoms with Gasteiger partial charge in [0.05, 0.1) is 17.3 Å². The molecule has 1 aromatic heterocycles. The van der Waals surface area contributed by atoms with Crippen LogP contribution in [0, 0.1) is 17.1 Å². The summed E-state index contributed by atoms with van der Waals surface area (Å²) in [7, 11) is 0. The van der Waals surface area contributed by atoms with Crippen molar-refractivity contribution in [3.05, 3.63) is 81.7 Å². The summed E-state index contributed by atoms with van der Waals surface area (Å²) < 4.78 is 15.0. The van der Waals surface area contributed by atoms with Gasteiger partial charge in [0.15, 0.2) is 5.78 Å². The van der Waals surface area contributed by atoms with Crippen molar-refractivity contribution in [2.24, 2.45) is 0 Å². The second kappa shape index (κ2) is 8.07. The highest BCUT2D eigenvalue weighted by molar-refractivity contribution is 5.98. The summed E-state index contributed by atoms with van der Waals surface area (Å²) in [6.07, 6.45) is 0. The van der Waals surface area contributed by atoms with Gasteiger partial charge in [-0.3, -0.25) is 15.0 Å². The van der Waals surface area contributed by atoms with Crippen LogP contribution in [0.1, 0.15) is 48.4 Å². The van der Waals surface area contributed by atoms with Crippen LogP contribution in [0.2, 0.25) is 0 Å². The molecule has 0 saturated heterocycles. The Morgan fingerprint density at radius 3 is 2.55 bits per heavy atom. The number of nitriles is 1. The van der Waals surface area contributed by atoms with E-state index in [4.69, 9.17) is 5.26 Å². The van der Waals surface area contributed by atoms with Gasteiger partial charge in [-0.25, -0.2) is 14.1 Å². The Labute approximate surface area is 167 Å². The third-order valence-corrected chi connectivity index (χ3v) is 4.31. The highest BCUT2D eigenvalue weighted by Gasteiger charge is 2.23. The van der Waals surface area contributed by atoms with Crippen LogP contribution in [0.4, 0.5) is 10.1 Å². The maximum absolute atomic E-state index is 13.8. The number of carbonyl (C=O) groups excluding carboxylic acids is 1. The van der Waals surface area contributed by atoms with Crippen molar-refractivity contribution in [1.29, 1.82) is 5.26 Å². The molecule has 1 heterocycles.